The number of hydrogen-bond acceptors (Lipinski definition) is 2. The summed E-state index contributed by atoms with van der Waals surface area (Å²) in [4.78, 5) is -0.0996. The highest BCUT2D eigenvalue weighted by Gasteiger charge is 2.14. The zero-order chi connectivity index (χ0) is 14.7. The van der Waals surface area contributed by atoms with Crippen LogP contribution in [0.5, 0.6) is 11.5 Å². The maximum atomic E-state index is 13.8. The molecule has 0 heterocycles. The van der Waals surface area contributed by atoms with E-state index in [-0.39, 0.29) is 16.4 Å². The molecule has 0 aliphatic heterocycles. The monoisotopic (exact) mass is 338 g/mol. The predicted octanol–water partition coefficient (Wildman–Crippen LogP) is 4.64. The van der Waals surface area contributed by atoms with Gasteiger partial charge >= 0.3 is 0 Å². The molecule has 20 heavy (non-hydrogen) atoms. The summed E-state index contributed by atoms with van der Waals surface area (Å²) in [6, 6.07) is 10.9. The topological polar surface area (TPSA) is 18.5 Å². The molecule has 0 radical (unpaired) electrons. The molecule has 2 nitrogen and oxygen atoms in total. The van der Waals surface area contributed by atoms with Gasteiger partial charge in [0.05, 0.1) is 19.0 Å². The average molecular weight is 339 g/mol. The van der Waals surface area contributed by atoms with Crippen molar-refractivity contribution in [2.24, 2.45) is 0 Å². The Labute approximate surface area is 126 Å². The molecule has 0 amide bonds. The first kappa shape index (κ1) is 14.9. The number of halogens is 2. The van der Waals surface area contributed by atoms with E-state index in [1.165, 1.54) is 13.2 Å². The molecule has 0 aliphatic rings. The smallest absolute Gasteiger partial charge is 0.165 e. The van der Waals surface area contributed by atoms with Crippen LogP contribution in [0.4, 0.5) is 4.39 Å². The van der Waals surface area contributed by atoms with Crippen LogP contribution in [0, 0.1) is 12.7 Å². The van der Waals surface area contributed by atoms with Crippen LogP contribution in [0.1, 0.15) is 21.5 Å². The van der Waals surface area contributed by atoms with Crippen molar-refractivity contribution >= 4 is 15.9 Å². The predicted molar refractivity (Wildman–Crippen MR) is 81.5 cm³/mol. The van der Waals surface area contributed by atoms with Crippen molar-refractivity contribution in [2.75, 3.05) is 14.2 Å². The Balaban J connectivity index is 2.35. The third kappa shape index (κ3) is 2.96. The molecule has 0 spiro atoms. The van der Waals surface area contributed by atoms with Crippen molar-refractivity contribution in [1.82, 2.24) is 0 Å². The molecule has 4 heteroatoms. The molecule has 1 atom stereocenters. The van der Waals surface area contributed by atoms with Crippen molar-refractivity contribution in [3.63, 3.8) is 0 Å². The van der Waals surface area contributed by atoms with Crippen LogP contribution in [0.3, 0.4) is 0 Å². The second kappa shape index (κ2) is 6.27. The van der Waals surface area contributed by atoms with Gasteiger partial charge in [-0.1, -0.05) is 34.1 Å². The van der Waals surface area contributed by atoms with Crippen LogP contribution in [-0.4, -0.2) is 14.2 Å². The minimum atomic E-state index is -0.367. The van der Waals surface area contributed by atoms with Crippen LogP contribution in [0.25, 0.3) is 0 Å². The van der Waals surface area contributed by atoms with Gasteiger partial charge < -0.3 is 9.47 Å². The van der Waals surface area contributed by atoms with Gasteiger partial charge in [-0.3, -0.25) is 0 Å². The van der Waals surface area contributed by atoms with Crippen LogP contribution in [-0.2, 0) is 0 Å². The summed E-state index contributed by atoms with van der Waals surface area (Å²) in [7, 11) is 3.09. The van der Waals surface area contributed by atoms with E-state index in [2.05, 4.69) is 15.9 Å². The van der Waals surface area contributed by atoms with Crippen molar-refractivity contribution < 1.29 is 13.9 Å². The van der Waals surface area contributed by atoms with Gasteiger partial charge in [-0.25, -0.2) is 4.39 Å². The van der Waals surface area contributed by atoms with E-state index in [1.807, 2.05) is 31.2 Å². The molecule has 2 aromatic carbocycles. The Bertz CT molecular complexity index is 613. The number of aryl methyl sites for hydroxylation is 1. The molecule has 0 aliphatic carbocycles. The van der Waals surface area contributed by atoms with Gasteiger partial charge in [0.15, 0.2) is 11.6 Å². The Morgan fingerprint density at radius 1 is 0.950 bits per heavy atom. The summed E-state index contributed by atoms with van der Waals surface area (Å²) in [5.74, 6) is 0.699. The lowest BCUT2D eigenvalue weighted by Gasteiger charge is -2.14. The normalized spacial score (nSPS) is 12.1. The minimum Gasteiger partial charge on any atom is -0.496 e. The molecule has 2 rings (SSSR count). The molecule has 0 aromatic heterocycles. The molecule has 1 unspecified atom stereocenters. The van der Waals surface area contributed by atoms with E-state index < -0.39 is 0 Å². The van der Waals surface area contributed by atoms with Crippen LogP contribution in [0.2, 0.25) is 0 Å². The number of alkyl halides is 1. The summed E-state index contributed by atoms with van der Waals surface area (Å²) < 4.78 is 24.0. The average Bonchev–Trinajstić information content (AvgIpc) is 2.47. The van der Waals surface area contributed by atoms with E-state index in [4.69, 9.17) is 9.47 Å². The number of rotatable bonds is 4. The first-order chi connectivity index (χ1) is 9.56. The molecular weight excluding hydrogens is 323 g/mol. The second-order valence-electron chi connectivity index (χ2n) is 4.49. The van der Waals surface area contributed by atoms with Crippen molar-refractivity contribution in [1.29, 1.82) is 0 Å². The maximum Gasteiger partial charge on any atom is 0.165 e. The summed E-state index contributed by atoms with van der Waals surface area (Å²) in [5, 5.41) is 0. The largest absolute Gasteiger partial charge is 0.496 e. The Kier molecular flexibility index (Phi) is 4.65. The molecule has 106 valence electrons. The van der Waals surface area contributed by atoms with Gasteiger partial charge in [-0.15, -0.1) is 0 Å². The summed E-state index contributed by atoms with van der Waals surface area (Å²) in [6.45, 7) is 1.99. The van der Waals surface area contributed by atoms with Crippen molar-refractivity contribution in [2.45, 2.75) is 11.8 Å². The number of hydrogen-bond donors (Lipinski definition) is 0. The minimum absolute atomic E-state index is 0.0996. The third-order valence-corrected chi connectivity index (χ3v) is 4.25. The fraction of sp³-hybridized carbons (Fsp3) is 0.250. The Morgan fingerprint density at radius 3 is 2.15 bits per heavy atom. The SMILES string of the molecule is COc1cc(C(Br)c2ccc(OC)c(F)c2)ccc1C. The lowest BCUT2D eigenvalue weighted by atomic mass is 10.0. The molecule has 2 aromatic rings. The van der Waals surface area contributed by atoms with Crippen molar-refractivity contribution in [3.8, 4) is 11.5 Å². The van der Waals surface area contributed by atoms with Gasteiger partial charge in [0, 0.05) is 0 Å². The number of methoxy groups -OCH3 is 2. The summed E-state index contributed by atoms with van der Waals surface area (Å²) >= 11 is 3.60. The first-order valence-electron chi connectivity index (χ1n) is 6.19. The van der Waals surface area contributed by atoms with Crippen LogP contribution >= 0.6 is 15.9 Å². The third-order valence-electron chi connectivity index (χ3n) is 3.19. The van der Waals surface area contributed by atoms with Gasteiger partial charge in [0.2, 0.25) is 0 Å². The standard InChI is InChI=1S/C16H16BrFO2/c1-10-4-5-12(9-15(10)20-3)16(17)11-6-7-14(19-2)13(18)8-11/h4-9,16H,1-3H3. The van der Waals surface area contributed by atoms with E-state index in [0.717, 1.165) is 22.4 Å². The van der Waals surface area contributed by atoms with Crippen LogP contribution in [0.15, 0.2) is 36.4 Å². The highest BCUT2D eigenvalue weighted by Crippen LogP contribution is 2.35. The van der Waals surface area contributed by atoms with Gasteiger partial charge in [0.25, 0.3) is 0 Å². The van der Waals surface area contributed by atoms with Gasteiger partial charge in [0.1, 0.15) is 5.75 Å². The van der Waals surface area contributed by atoms with Gasteiger partial charge in [-0.05, 0) is 41.8 Å². The summed E-state index contributed by atoms with van der Waals surface area (Å²) in [5.41, 5.74) is 2.91. The fourth-order valence-corrected chi connectivity index (χ4v) is 2.60. The fourth-order valence-electron chi connectivity index (χ4n) is 2.03. The van der Waals surface area contributed by atoms with E-state index in [0.29, 0.717) is 0 Å². The van der Waals surface area contributed by atoms with Gasteiger partial charge in [-0.2, -0.15) is 0 Å². The Hall–Kier alpha value is -1.55. The molecular formula is C16H16BrFO2. The number of benzene rings is 2. The lowest BCUT2D eigenvalue weighted by molar-refractivity contribution is 0.386. The molecule has 0 saturated heterocycles. The quantitative estimate of drug-likeness (QED) is 0.756. The second-order valence-corrected chi connectivity index (χ2v) is 5.40. The molecule has 0 bridgehead atoms. The molecule has 0 N–H and O–H groups in total. The van der Waals surface area contributed by atoms with E-state index in [9.17, 15) is 4.39 Å². The molecule has 0 saturated carbocycles. The van der Waals surface area contributed by atoms with E-state index >= 15 is 0 Å². The summed E-state index contributed by atoms with van der Waals surface area (Å²) in [6.07, 6.45) is 0. The first-order valence-corrected chi connectivity index (χ1v) is 7.10. The van der Waals surface area contributed by atoms with Crippen molar-refractivity contribution in [3.05, 3.63) is 58.9 Å². The Morgan fingerprint density at radius 2 is 1.55 bits per heavy atom. The molecule has 0 fully saturated rings. The maximum absolute atomic E-state index is 13.8. The highest BCUT2D eigenvalue weighted by molar-refractivity contribution is 9.09. The zero-order valence-corrected chi connectivity index (χ0v) is 13.2. The van der Waals surface area contributed by atoms with E-state index in [1.54, 1.807) is 13.2 Å². The highest BCUT2D eigenvalue weighted by atomic mass is 79.9. The lowest BCUT2D eigenvalue weighted by Crippen LogP contribution is -1.97. The van der Waals surface area contributed by atoms with Crippen LogP contribution < -0.4 is 9.47 Å². The number of ether oxygens (including phenoxy) is 2. The zero-order valence-electron chi connectivity index (χ0n) is 11.6.